The summed E-state index contributed by atoms with van der Waals surface area (Å²) in [6.07, 6.45) is 1.36. The van der Waals surface area contributed by atoms with E-state index < -0.39 is 10.0 Å². The molecule has 0 unspecified atom stereocenters. The first-order valence-electron chi connectivity index (χ1n) is 8.04. The summed E-state index contributed by atoms with van der Waals surface area (Å²) in [6, 6.07) is 1.83. The van der Waals surface area contributed by atoms with E-state index in [1.807, 2.05) is 25.3 Å². The molecule has 0 saturated carbocycles. The van der Waals surface area contributed by atoms with Gasteiger partial charge in [0.15, 0.2) is 0 Å². The maximum absolute atomic E-state index is 12.8. The van der Waals surface area contributed by atoms with Crippen molar-refractivity contribution in [3.05, 3.63) is 33.3 Å². The van der Waals surface area contributed by atoms with E-state index in [2.05, 4.69) is 5.10 Å². The van der Waals surface area contributed by atoms with Gasteiger partial charge in [-0.1, -0.05) is 0 Å². The average Bonchev–Trinajstić information content (AvgIpc) is 3.12. The van der Waals surface area contributed by atoms with Crippen molar-refractivity contribution >= 4 is 21.4 Å². The van der Waals surface area contributed by atoms with Crippen LogP contribution in [0, 0.1) is 6.92 Å². The number of aromatic nitrogens is 3. The molecule has 3 heterocycles. The third kappa shape index (κ3) is 2.84. The van der Waals surface area contributed by atoms with Gasteiger partial charge in [-0.15, -0.1) is 11.3 Å². The number of aryl methyl sites for hydroxylation is 2. The van der Waals surface area contributed by atoms with Crippen LogP contribution in [-0.4, -0.2) is 40.2 Å². The van der Waals surface area contributed by atoms with Crippen molar-refractivity contribution in [1.82, 2.24) is 18.7 Å². The monoisotopic (exact) mass is 370 g/mol. The maximum atomic E-state index is 12.8. The van der Waals surface area contributed by atoms with Crippen LogP contribution < -0.4 is 5.69 Å². The number of nitrogens with zero attached hydrogens (tertiary/aromatic N) is 4. The Kier molecular flexibility index (Phi) is 4.67. The number of piperidine rings is 1. The van der Waals surface area contributed by atoms with Gasteiger partial charge in [0.1, 0.15) is 10.0 Å². The smallest absolute Gasteiger partial charge is 0.279 e. The van der Waals surface area contributed by atoms with E-state index in [1.54, 1.807) is 15.9 Å². The van der Waals surface area contributed by atoms with Gasteiger partial charge in [0.2, 0.25) is 0 Å². The highest BCUT2D eigenvalue weighted by molar-refractivity contribution is 7.91. The largest absolute Gasteiger partial charge is 0.345 e. The van der Waals surface area contributed by atoms with Crippen LogP contribution in [0.15, 0.2) is 20.5 Å². The molecule has 0 aromatic carbocycles. The first kappa shape index (κ1) is 17.4. The lowest BCUT2D eigenvalue weighted by molar-refractivity contribution is 0.309. The third-order valence-corrected chi connectivity index (χ3v) is 8.13. The summed E-state index contributed by atoms with van der Waals surface area (Å²) < 4.78 is 30.5. The topological polar surface area (TPSA) is 77.2 Å². The Morgan fingerprint density at radius 1 is 1.33 bits per heavy atom. The Morgan fingerprint density at radius 3 is 2.54 bits per heavy atom. The number of sulfonamides is 1. The average molecular weight is 371 g/mol. The van der Waals surface area contributed by atoms with E-state index in [0.717, 1.165) is 11.4 Å². The molecule has 1 saturated heterocycles. The van der Waals surface area contributed by atoms with Crippen molar-refractivity contribution in [2.75, 3.05) is 13.1 Å². The number of thiophene rings is 1. The Balaban J connectivity index is 1.78. The molecule has 0 amide bonds. The molecule has 0 bridgehead atoms. The van der Waals surface area contributed by atoms with E-state index in [-0.39, 0.29) is 11.6 Å². The second-order valence-corrected chi connectivity index (χ2v) is 9.13. The molecule has 0 spiro atoms. The summed E-state index contributed by atoms with van der Waals surface area (Å²) in [6.45, 7) is 5.24. The highest BCUT2D eigenvalue weighted by Crippen LogP contribution is 2.32. The first-order valence-corrected chi connectivity index (χ1v) is 10.4. The van der Waals surface area contributed by atoms with Crippen LogP contribution in [-0.2, 0) is 23.6 Å². The van der Waals surface area contributed by atoms with Crippen LogP contribution in [0.1, 0.15) is 37.1 Å². The normalized spacial score (nSPS) is 17.5. The summed E-state index contributed by atoms with van der Waals surface area (Å²) in [5, 5.41) is 6.17. The number of hydrogen-bond donors (Lipinski definition) is 0. The van der Waals surface area contributed by atoms with Crippen molar-refractivity contribution in [3.63, 3.8) is 0 Å². The van der Waals surface area contributed by atoms with Crippen molar-refractivity contribution in [3.8, 4) is 0 Å². The van der Waals surface area contributed by atoms with Gasteiger partial charge in [0, 0.05) is 32.6 Å². The fourth-order valence-electron chi connectivity index (χ4n) is 3.22. The molecule has 0 N–H and O–H groups in total. The zero-order valence-corrected chi connectivity index (χ0v) is 15.7. The highest BCUT2D eigenvalue weighted by Gasteiger charge is 2.33. The zero-order chi connectivity index (χ0) is 17.5. The number of rotatable bonds is 4. The quantitative estimate of drug-likeness (QED) is 0.818. The molecule has 2 aromatic heterocycles. The van der Waals surface area contributed by atoms with Gasteiger partial charge in [0.05, 0.1) is 0 Å². The van der Waals surface area contributed by atoms with Crippen LogP contribution in [0.5, 0.6) is 0 Å². The lowest BCUT2D eigenvalue weighted by atomic mass is 9.97. The summed E-state index contributed by atoms with van der Waals surface area (Å²) in [5.74, 6) is 0.893. The molecule has 0 aliphatic carbocycles. The van der Waals surface area contributed by atoms with Gasteiger partial charge in [-0.3, -0.25) is 4.57 Å². The Bertz CT molecular complexity index is 886. The SMILES string of the molecule is CCn1c(C2CCN(S(=O)(=O)c3sccc3C)CC2)nn(C)c1=O. The molecule has 132 valence electrons. The van der Waals surface area contributed by atoms with Gasteiger partial charge in [-0.05, 0) is 43.7 Å². The fraction of sp³-hybridized carbons (Fsp3) is 0.600. The van der Waals surface area contributed by atoms with Crippen LogP contribution in [0.4, 0.5) is 0 Å². The molecule has 1 aliphatic rings. The molecule has 24 heavy (non-hydrogen) atoms. The highest BCUT2D eigenvalue weighted by atomic mass is 32.2. The van der Waals surface area contributed by atoms with Gasteiger partial charge in [-0.2, -0.15) is 9.40 Å². The van der Waals surface area contributed by atoms with Crippen molar-refractivity contribution in [2.45, 2.75) is 43.4 Å². The van der Waals surface area contributed by atoms with E-state index in [4.69, 9.17) is 0 Å². The van der Waals surface area contributed by atoms with Gasteiger partial charge < -0.3 is 0 Å². The Hall–Kier alpha value is -1.45. The predicted octanol–water partition coefficient (Wildman–Crippen LogP) is 1.54. The lowest BCUT2D eigenvalue weighted by Gasteiger charge is -2.30. The molecule has 1 fully saturated rings. The minimum atomic E-state index is -3.42. The minimum Gasteiger partial charge on any atom is -0.279 e. The van der Waals surface area contributed by atoms with E-state index in [0.29, 0.717) is 36.7 Å². The van der Waals surface area contributed by atoms with E-state index in [1.165, 1.54) is 16.0 Å². The zero-order valence-electron chi connectivity index (χ0n) is 14.1. The summed E-state index contributed by atoms with van der Waals surface area (Å²) in [7, 11) is -1.77. The second kappa shape index (κ2) is 6.45. The summed E-state index contributed by atoms with van der Waals surface area (Å²) in [4.78, 5) is 12.0. The molecule has 1 aliphatic heterocycles. The van der Waals surface area contributed by atoms with Crippen LogP contribution in [0.2, 0.25) is 0 Å². The van der Waals surface area contributed by atoms with E-state index in [9.17, 15) is 13.2 Å². The van der Waals surface area contributed by atoms with Crippen LogP contribution in [0.3, 0.4) is 0 Å². The fourth-order valence-corrected chi connectivity index (χ4v) is 6.24. The van der Waals surface area contributed by atoms with Crippen molar-refractivity contribution < 1.29 is 8.42 Å². The van der Waals surface area contributed by atoms with Crippen molar-refractivity contribution in [2.24, 2.45) is 7.05 Å². The van der Waals surface area contributed by atoms with Crippen LogP contribution >= 0.6 is 11.3 Å². The van der Waals surface area contributed by atoms with E-state index >= 15 is 0 Å². The van der Waals surface area contributed by atoms with Crippen molar-refractivity contribution in [1.29, 1.82) is 0 Å². The Labute approximate surface area is 145 Å². The Morgan fingerprint density at radius 2 is 2.00 bits per heavy atom. The molecule has 3 rings (SSSR count). The summed E-state index contributed by atoms with van der Waals surface area (Å²) >= 11 is 1.27. The molecule has 0 atom stereocenters. The maximum Gasteiger partial charge on any atom is 0.345 e. The molecule has 7 nitrogen and oxygen atoms in total. The predicted molar refractivity (Wildman–Crippen MR) is 92.9 cm³/mol. The minimum absolute atomic E-state index is 0.114. The standard InChI is InChI=1S/C15H22N4O3S2/c1-4-19-13(16-17(3)15(19)20)12-5-8-18(9-6-12)24(21,22)14-11(2)7-10-23-14/h7,10,12H,4-6,8-9H2,1-3H3. The molecule has 2 aromatic rings. The van der Waals surface area contributed by atoms with Gasteiger partial charge in [0.25, 0.3) is 10.0 Å². The lowest BCUT2D eigenvalue weighted by Crippen LogP contribution is -2.38. The third-order valence-electron chi connectivity index (χ3n) is 4.56. The molecular formula is C15H22N4O3S2. The number of hydrogen-bond acceptors (Lipinski definition) is 5. The molecule has 9 heteroatoms. The first-order chi connectivity index (χ1) is 11.4. The van der Waals surface area contributed by atoms with Crippen LogP contribution in [0.25, 0.3) is 0 Å². The summed E-state index contributed by atoms with van der Waals surface area (Å²) in [5.41, 5.74) is 0.684. The molecule has 0 radical (unpaired) electrons. The second-order valence-electron chi connectivity index (χ2n) is 6.08. The van der Waals surface area contributed by atoms with Gasteiger partial charge in [-0.25, -0.2) is 17.9 Å². The van der Waals surface area contributed by atoms with Gasteiger partial charge >= 0.3 is 5.69 Å². The molecular weight excluding hydrogens is 348 g/mol.